The standard InChI is InChI=1S/C23H22N5S/c1-2-18-12-25-23(26-13-18)28(11-10-21-16-29-17-27-21)15-19-8-9-22(24-14-19)20-6-4-3-5-7-20/h3-9,12-14,16H,2,10-11,15H2,1H3. The summed E-state index contributed by atoms with van der Waals surface area (Å²) in [5.41, 5.74) is 8.31. The highest BCUT2D eigenvalue weighted by Gasteiger charge is 2.12. The molecule has 0 fully saturated rings. The van der Waals surface area contributed by atoms with E-state index in [0.717, 1.165) is 53.4 Å². The van der Waals surface area contributed by atoms with Gasteiger partial charge in [-0.1, -0.05) is 43.3 Å². The minimum atomic E-state index is 0.696. The first-order valence-electron chi connectivity index (χ1n) is 9.68. The van der Waals surface area contributed by atoms with E-state index >= 15 is 0 Å². The van der Waals surface area contributed by atoms with E-state index in [1.54, 1.807) is 0 Å². The molecular formula is C23H22N5S. The number of hydrogen-bond acceptors (Lipinski definition) is 6. The zero-order chi connectivity index (χ0) is 19.9. The maximum absolute atomic E-state index is 4.65. The number of hydrogen-bond donors (Lipinski definition) is 0. The van der Waals surface area contributed by atoms with Crippen LogP contribution >= 0.6 is 11.3 Å². The fourth-order valence-corrected chi connectivity index (χ4v) is 3.56. The second kappa shape index (κ2) is 9.39. The lowest BCUT2D eigenvalue weighted by molar-refractivity contribution is 0.741. The van der Waals surface area contributed by atoms with Crippen molar-refractivity contribution in [1.29, 1.82) is 0 Å². The number of thiazole rings is 1. The first-order chi connectivity index (χ1) is 14.3. The molecule has 0 aliphatic carbocycles. The number of benzene rings is 1. The minimum Gasteiger partial charge on any atom is -0.336 e. The first kappa shape index (κ1) is 19.2. The summed E-state index contributed by atoms with van der Waals surface area (Å²) in [4.78, 5) is 20.3. The Labute approximate surface area is 175 Å². The Kier molecular flexibility index (Phi) is 6.22. The maximum atomic E-state index is 4.65. The number of aryl methyl sites for hydroxylation is 1. The molecule has 29 heavy (non-hydrogen) atoms. The van der Waals surface area contributed by atoms with Gasteiger partial charge in [0.15, 0.2) is 5.51 Å². The van der Waals surface area contributed by atoms with Crippen molar-refractivity contribution in [3.8, 4) is 11.3 Å². The van der Waals surface area contributed by atoms with Crippen molar-refractivity contribution in [1.82, 2.24) is 19.9 Å². The Morgan fingerprint density at radius 3 is 2.38 bits per heavy atom. The quantitative estimate of drug-likeness (QED) is 0.432. The molecule has 0 N–H and O–H groups in total. The van der Waals surface area contributed by atoms with Crippen molar-refractivity contribution >= 4 is 17.3 Å². The van der Waals surface area contributed by atoms with Crippen molar-refractivity contribution in [3.05, 3.63) is 88.8 Å². The Balaban J connectivity index is 1.52. The molecule has 0 spiro atoms. The van der Waals surface area contributed by atoms with Crippen molar-refractivity contribution < 1.29 is 0 Å². The summed E-state index contributed by atoms with van der Waals surface area (Å²) in [6.45, 7) is 3.58. The molecule has 1 aromatic carbocycles. The van der Waals surface area contributed by atoms with Crippen LogP contribution in [0.5, 0.6) is 0 Å². The van der Waals surface area contributed by atoms with E-state index in [2.05, 4.69) is 61.5 Å². The van der Waals surface area contributed by atoms with Crippen molar-refractivity contribution in [2.24, 2.45) is 0 Å². The molecule has 3 heterocycles. The molecule has 3 aromatic heterocycles. The lowest BCUT2D eigenvalue weighted by Gasteiger charge is -2.22. The van der Waals surface area contributed by atoms with Crippen LogP contribution in [-0.4, -0.2) is 26.5 Å². The summed E-state index contributed by atoms with van der Waals surface area (Å²) in [5.74, 6) is 0.730. The molecule has 0 unspecified atom stereocenters. The van der Waals surface area contributed by atoms with Crippen LogP contribution in [0.4, 0.5) is 5.95 Å². The molecule has 0 saturated carbocycles. The van der Waals surface area contributed by atoms with Gasteiger partial charge in [0.1, 0.15) is 0 Å². The topological polar surface area (TPSA) is 54.8 Å². The highest BCUT2D eigenvalue weighted by molar-refractivity contribution is 7.07. The van der Waals surface area contributed by atoms with Gasteiger partial charge in [0, 0.05) is 49.0 Å². The average molecular weight is 401 g/mol. The number of pyridine rings is 1. The molecule has 1 radical (unpaired) electrons. The van der Waals surface area contributed by atoms with E-state index in [9.17, 15) is 0 Å². The highest BCUT2D eigenvalue weighted by atomic mass is 32.1. The Morgan fingerprint density at radius 2 is 1.72 bits per heavy atom. The Hall–Kier alpha value is -3.12. The smallest absolute Gasteiger partial charge is 0.225 e. The van der Waals surface area contributed by atoms with Gasteiger partial charge in [-0.3, -0.25) is 4.98 Å². The van der Waals surface area contributed by atoms with Crippen molar-refractivity contribution in [3.63, 3.8) is 0 Å². The van der Waals surface area contributed by atoms with Crippen LogP contribution in [0.1, 0.15) is 23.7 Å². The summed E-state index contributed by atoms with van der Waals surface area (Å²) >= 11 is 1.50. The molecule has 0 aliphatic rings. The molecule has 4 rings (SSSR count). The molecular weight excluding hydrogens is 378 g/mol. The average Bonchev–Trinajstić information content (AvgIpc) is 3.31. The van der Waals surface area contributed by atoms with Gasteiger partial charge >= 0.3 is 0 Å². The fraction of sp³-hybridized carbons (Fsp3) is 0.217. The molecule has 5 nitrogen and oxygen atoms in total. The van der Waals surface area contributed by atoms with Crippen LogP contribution in [0.25, 0.3) is 11.3 Å². The van der Waals surface area contributed by atoms with Gasteiger partial charge in [0.2, 0.25) is 5.95 Å². The van der Waals surface area contributed by atoms with Crippen LogP contribution < -0.4 is 4.90 Å². The van der Waals surface area contributed by atoms with E-state index in [4.69, 9.17) is 0 Å². The second-order valence-corrected chi connectivity index (χ2v) is 7.42. The number of aromatic nitrogens is 4. The van der Waals surface area contributed by atoms with Gasteiger partial charge in [-0.15, -0.1) is 11.3 Å². The van der Waals surface area contributed by atoms with E-state index in [-0.39, 0.29) is 0 Å². The number of nitrogens with zero attached hydrogens (tertiary/aromatic N) is 5. The van der Waals surface area contributed by atoms with Crippen LogP contribution in [0.3, 0.4) is 0 Å². The van der Waals surface area contributed by atoms with Crippen LogP contribution in [0, 0.1) is 5.51 Å². The molecule has 0 atom stereocenters. The predicted octanol–water partition coefficient (Wildman–Crippen LogP) is 4.61. The highest BCUT2D eigenvalue weighted by Crippen LogP contribution is 2.18. The van der Waals surface area contributed by atoms with Gasteiger partial charge in [-0.25, -0.2) is 15.0 Å². The normalized spacial score (nSPS) is 10.8. The monoisotopic (exact) mass is 400 g/mol. The second-order valence-electron chi connectivity index (χ2n) is 6.76. The third-order valence-corrected chi connectivity index (χ3v) is 5.31. The van der Waals surface area contributed by atoms with Crippen LogP contribution in [0.2, 0.25) is 0 Å². The molecule has 4 aromatic rings. The summed E-state index contributed by atoms with van der Waals surface area (Å²) < 4.78 is 0. The van der Waals surface area contributed by atoms with Crippen molar-refractivity contribution in [2.75, 3.05) is 11.4 Å². The molecule has 6 heteroatoms. The predicted molar refractivity (Wildman–Crippen MR) is 117 cm³/mol. The third-order valence-electron chi connectivity index (χ3n) is 4.73. The summed E-state index contributed by atoms with van der Waals surface area (Å²) in [6, 6.07) is 14.4. The molecule has 0 bridgehead atoms. The molecule has 0 saturated heterocycles. The summed E-state index contributed by atoms with van der Waals surface area (Å²) in [6.07, 6.45) is 7.51. The molecule has 0 amide bonds. The number of anilines is 1. The van der Waals surface area contributed by atoms with Gasteiger partial charge in [-0.2, -0.15) is 0 Å². The lowest BCUT2D eigenvalue weighted by Crippen LogP contribution is -2.27. The summed E-state index contributed by atoms with van der Waals surface area (Å²) in [7, 11) is 0. The Bertz CT molecular complexity index is 1000. The van der Waals surface area contributed by atoms with Crippen molar-refractivity contribution in [2.45, 2.75) is 26.3 Å². The largest absolute Gasteiger partial charge is 0.336 e. The lowest BCUT2D eigenvalue weighted by atomic mass is 10.1. The zero-order valence-electron chi connectivity index (χ0n) is 16.3. The fourth-order valence-electron chi connectivity index (χ4n) is 3.03. The summed E-state index contributed by atoms with van der Waals surface area (Å²) in [5, 5.41) is 2.04. The first-order valence-corrected chi connectivity index (χ1v) is 10.6. The van der Waals surface area contributed by atoms with Crippen LogP contribution in [-0.2, 0) is 19.4 Å². The zero-order valence-corrected chi connectivity index (χ0v) is 17.1. The Morgan fingerprint density at radius 1 is 0.931 bits per heavy atom. The third kappa shape index (κ3) is 5.03. The van der Waals surface area contributed by atoms with E-state index < -0.39 is 0 Å². The number of rotatable bonds is 8. The van der Waals surface area contributed by atoms with E-state index in [1.165, 1.54) is 11.3 Å². The minimum absolute atomic E-state index is 0.696. The maximum Gasteiger partial charge on any atom is 0.225 e. The SMILES string of the molecule is CCc1cnc(N(CCc2cs[c]n2)Cc2ccc(-c3ccccc3)nc2)nc1. The van der Waals surface area contributed by atoms with E-state index in [1.807, 2.05) is 42.2 Å². The van der Waals surface area contributed by atoms with Crippen LogP contribution in [0.15, 0.2) is 66.4 Å². The van der Waals surface area contributed by atoms with Gasteiger partial charge in [-0.05, 0) is 23.6 Å². The molecule has 0 aliphatic heterocycles. The van der Waals surface area contributed by atoms with Gasteiger partial charge in [0.25, 0.3) is 0 Å². The van der Waals surface area contributed by atoms with E-state index in [0.29, 0.717) is 6.54 Å². The van der Waals surface area contributed by atoms with Gasteiger partial charge < -0.3 is 4.90 Å². The van der Waals surface area contributed by atoms with Gasteiger partial charge in [0.05, 0.1) is 11.4 Å². The molecule has 145 valence electrons.